The lowest BCUT2D eigenvalue weighted by molar-refractivity contribution is 0.387. The number of fused-ring (bicyclic) bond motifs is 4. The Morgan fingerprint density at radius 2 is 0.979 bits per heavy atom. The summed E-state index contributed by atoms with van der Waals surface area (Å²) in [5.41, 5.74) is 15.0. The van der Waals surface area contributed by atoms with E-state index in [0.29, 0.717) is 6.54 Å². The molecule has 4 N–H and O–H groups in total. The lowest BCUT2D eigenvalue weighted by atomic mass is 9.92. The Balaban J connectivity index is 1.28. The van der Waals surface area contributed by atoms with Crippen molar-refractivity contribution >= 4 is 32.3 Å². The second-order valence-electron chi connectivity index (χ2n) is 12.4. The monoisotopic (exact) mass is 619 g/mol. The summed E-state index contributed by atoms with van der Waals surface area (Å²) in [6, 6.07) is 62.5. The van der Waals surface area contributed by atoms with Gasteiger partial charge in [0.05, 0.1) is 12.3 Å². The fourth-order valence-corrected chi connectivity index (χ4v) is 6.96. The highest BCUT2D eigenvalue weighted by molar-refractivity contribution is 6.14. The topological polar surface area (TPSA) is 50.1 Å². The van der Waals surface area contributed by atoms with Crippen molar-refractivity contribution in [2.45, 2.75) is 18.9 Å². The van der Waals surface area contributed by atoms with Crippen LogP contribution in [0.1, 0.15) is 29.0 Å². The summed E-state index contributed by atoms with van der Waals surface area (Å²) in [5, 5.41) is 15.3. The minimum atomic E-state index is -0.380. The van der Waals surface area contributed by atoms with Crippen LogP contribution in [-0.2, 0) is 6.54 Å². The van der Waals surface area contributed by atoms with E-state index in [4.69, 9.17) is 5.73 Å². The average molecular weight is 620 g/mol. The van der Waals surface area contributed by atoms with E-state index >= 15 is 0 Å². The first kappa shape index (κ1) is 29.8. The Morgan fingerprint density at radius 1 is 0.438 bits per heavy atom. The van der Waals surface area contributed by atoms with Crippen molar-refractivity contribution in [1.82, 2.24) is 10.6 Å². The molecule has 0 aromatic heterocycles. The average Bonchev–Trinajstić information content (AvgIpc) is 3.16. The third-order valence-electron chi connectivity index (χ3n) is 9.35. The molecule has 0 heterocycles. The molecule has 0 saturated heterocycles. The second-order valence-corrected chi connectivity index (χ2v) is 12.4. The minimum Gasteiger partial charge on any atom is -0.312 e. The van der Waals surface area contributed by atoms with Gasteiger partial charge in [-0.3, -0.25) is 10.6 Å². The molecule has 8 aromatic carbocycles. The number of benzene rings is 8. The van der Waals surface area contributed by atoms with E-state index in [1.807, 2.05) is 18.2 Å². The van der Waals surface area contributed by atoms with Crippen molar-refractivity contribution < 1.29 is 0 Å². The highest BCUT2D eigenvalue weighted by Crippen LogP contribution is 2.35. The Morgan fingerprint density at radius 3 is 1.65 bits per heavy atom. The van der Waals surface area contributed by atoms with Gasteiger partial charge < -0.3 is 5.73 Å². The molecule has 0 aliphatic rings. The van der Waals surface area contributed by atoms with Gasteiger partial charge in [-0.1, -0.05) is 152 Å². The predicted molar refractivity (Wildman–Crippen MR) is 202 cm³/mol. The van der Waals surface area contributed by atoms with Crippen LogP contribution in [0.5, 0.6) is 0 Å². The highest BCUT2D eigenvalue weighted by atomic mass is 15.2. The molecule has 3 nitrogen and oxygen atoms in total. The SMILES string of the molecule is NC(NC(NCc1c2ccccc2cc2ccc3ccccc3c12)c1cc(-c2ccccc2)cc(-c2ccccc2)c1)c1ccccc1. The first-order valence-electron chi connectivity index (χ1n) is 16.6. The van der Waals surface area contributed by atoms with Gasteiger partial charge in [-0.2, -0.15) is 0 Å². The number of hydrogen-bond acceptors (Lipinski definition) is 3. The van der Waals surface area contributed by atoms with Crippen molar-refractivity contribution in [2.24, 2.45) is 5.73 Å². The third kappa shape index (κ3) is 5.99. The van der Waals surface area contributed by atoms with Crippen molar-refractivity contribution in [2.75, 3.05) is 0 Å². The summed E-state index contributed by atoms with van der Waals surface area (Å²) < 4.78 is 0. The lowest BCUT2D eigenvalue weighted by Gasteiger charge is -2.27. The number of rotatable bonds is 9. The molecule has 8 rings (SSSR count). The second kappa shape index (κ2) is 13.3. The van der Waals surface area contributed by atoms with Gasteiger partial charge in [0, 0.05) is 6.54 Å². The zero-order valence-corrected chi connectivity index (χ0v) is 26.7. The normalized spacial score (nSPS) is 12.8. The van der Waals surface area contributed by atoms with Gasteiger partial charge in [0.1, 0.15) is 0 Å². The molecular weight excluding hydrogens is 583 g/mol. The molecule has 0 bridgehead atoms. The summed E-state index contributed by atoms with van der Waals surface area (Å²) in [6.07, 6.45) is -0.635. The lowest BCUT2D eigenvalue weighted by Crippen LogP contribution is -2.39. The number of nitrogens with two attached hydrogens (primary N) is 1. The Kier molecular flexibility index (Phi) is 8.24. The molecule has 0 aliphatic carbocycles. The van der Waals surface area contributed by atoms with Gasteiger partial charge >= 0.3 is 0 Å². The van der Waals surface area contributed by atoms with Crippen LogP contribution in [0.25, 0.3) is 54.6 Å². The number of hydrogen-bond donors (Lipinski definition) is 3. The zero-order valence-electron chi connectivity index (χ0n) is 26.7. The highest BCUT2D eigenvalue weighted by Gasteiger charge is 2.20. The summed E-state index contributed by atoms with van der Waals surface area (Å²) in [4.78, 5) is 0. The van der Waals surface area contributed by atoms with Gasteiger partial charge in [0.2, 0.25) is 0 Å². The molecule has 0 radical (unpaired) electrons. The third-order valence-corrected chi connectivity index (χ3v) is 9.35. The zero-order chi connectivity index (χ0) is 32.3. The molecule has 0 spiro atoms. The van der Waals surface area contributed by atoms with E-state index in [0.717, 1.165) is 22.3 Å². The molecule has 0 saturated carbocycles. The molecule has 2 atom stereocenters. The first-order chi connectivity index (χ1) is 23.7. The molecule has 0 amide bonds. The summed E-state index contributed by atoms with van der Waals surface area (Å²) in [7, 11) is 0. The van der Waals surface area contributed by atoms with Crippen molar-refractivity contribution in [1.29, 1.82) is 0 Å². The maximum absolute atomic E-state index is 6.90. The fourth-order valence-electron chi connectivity index (χ4n) is 6.96. The Labute approximate surface area is 281 Å². The van der Waals surface area contributed by atoms with Crippen LogP contribution in [0.15, 0.2) is 176 Å². The van der Waals surface area contributed by atoms with Gasteiger partial charge in [-0.15, -0.1) is 0 Å². The molecule has 3 heteroatoms. The quantitative estimate of drug-likeness (QED) is 0.0856. The Bertz CT molecular complexity index is 2280. The van der Waals surface area contributed by atoms with Crippen LogP contribution in [-0.4, -0.2) is 0 Å². The first-order valence-corrected chi connectivity index (χ1v) is 16.6. The van der Waals surface area contributed by atoms with Gasteiger partial charge in [-0.25, -0.2) is 0 Å². The van der Waals surface area contributed by atoms with Crippen LogP contribution < -0.4 is 16.4 Å². The van der Waals surface area contributed by atoms with Crippen molar-refractivity contribution in [3.05, 3.63) is 193 Å². The summed E-state index contributed by atoms with van der Waals surface area (Å²) in [5.74, 6) is 0. The molecule has 8 aromatic rings. The van der Waals surface area contributed by atoms with E-state index < -0.39 is 0 Å². The van der Waals surface area contributed by atoms with Gasteiger partial charge in [-0.05, 0) is 95.5 Å². The number of nitrogens with one attached hydrogen (secondary N) is 2. The van der Waals surface area contributed by atoms with Gasteiger partial charge in [0.25, 0.3) is 0 Å². The predicted octanol–water partition coefficient (Wildman–Crippen LogP) is 10.5. The largest absolute Gasteiger partial charge is 0.312 e. The molecule has 232 valence electrons. The van der Waals surface area contributed by atoms with E-state index in [-0.39, 0.29) is 12.3 Å². The van der Waals surface area contributed by atoms with Gasteiger partial charge in [0.15, 0.2) is 0 Å². The van der Waals surface area contributed by atoms with Crippen LogP contribution in [0.4, 0.5) is 0 Å². The minimum absolute atomic E-state index is 0.254. The smallest absolute Gasteiger partial charge is 0.0853 e. The molecular formula is C45H37N3. The summed E-state index contributed by atoms with van der Waals surface area (Å²) in [6.45, 7) is 0.640. The molecule has 48 heavy (non-hydrogen) atoms. The van der Waals surface area contributed by atoms with Crippen molar-refractivity contribution in [3.63, 3.8) is 0 Å². The molecule has 2 unspecified atom stereocenters. The molecule has 0 fully saturated rings. The van der Waals surface area contributed by atoms with Crippen LogP contribution in [0.3, 0.4) is 0 Å². The van der Waals surface area contributed by atoms with E-state index in [1.54, 1.807) is 0 Å². The van der Waals surface area contributed by atoms with E-state index in [1.165, 1.54) is 49.0 Å². The van der Waals surface area contributed by atoms with E-state index in [9.17, 15) is 0 Å². The summed E-state index contributed by atoms with van der Waals surface area (Å²) >= 11 is 0. The Hall–Kier alpha value is -5.58. The van der Waals surface area contributed by atoms with Crippen LogP contribution in [0.2, 0.25) is 0 Å². The van der Waals surface area contributed by atoms with Crippen molar-refractivity contribution in [3.8, 4) is 22.3 Å². The van der Waals surface area contributed by atoms with Crippen LogP contribution >= 0.6 is 0 Å². The van der Waals surface area contributed by atoms with Crippen LogP contribution in [0, 0.1) is 0 Å². The van der Waals surface area contributed by atoms with E-state index in [2.05, 4.69) is 168 Å². The maximum atomic E-state index is 6.90. The maximum Gasteiger partial charge on any atom is 0.0853 e. The standard InChI is InChI=1S/C45H37N3/c46-44(34-19-8-3-9-20-34)48-45(39-28-37(31-14-4-1-5-15-31)27-38(29-39)32-16-6-2-7-17-32)47-30-42-40-22-12-11-21-35(40)26-36-25-24-33-18-10-13-23-41(33)43(36)42/h1-29,44-45,47-48H,30,46H2. The molecule has 0 aliphatic heterocycles. The fraction of sp³-hybridized carbons (Fsp3) is 0.0667.